The van der Waals surface area contributed by atoms with E-state index in [1.165, 1.54) is 193 Å². The molecule has 18 rings (SSSR count). The Bertz CT molecular complexity index is 6880. The van der Waals surface area contributed by atoms with Crippen molar-refractivity contribution in [2.24, 2.45) is 33.1 Å². The van der Waals surface area contributed by atoms with Crippen LogP contribution in [0, 0.1) is 36.5 Å². The zero-order chi connectivity index (χ0) is 99.2. The number of fused-ring (bicyclic) bond motifs is 5. The van der Waals surface area contributed by atoms with Crippen LogP contribution in [0.4, 0.5) is 15.4 Å². The third-order valence-corrected chi connectivity index (χ3v) is 29.9. The van der Waals surface area contributed by atoms with Crippen molar-refractivity contribution < 1.29 is 57.1 Å². The van der Waals surface area contributed by atoms with Crippen molar-refractivity contribution in [3.05, 3.63) is 306 Å². The maximum atomic E-state index is 13.5. The fourth-order valence-corrected chi connectivity index (χ4v) is 21.8. The Balaban J connectivity index is 0.000000159. The quantitative estimate of drug-likeness (QED) is 0.00736. The predicted octanol–water partition coefficient (Wildman–Crippen LogP) is 28.4. The number of hydrogen-bond acceptors (Lipinski definition) is 25. The van der Waals surface area contributed by atoms with Crippen LogP contribution < -0.4 is 43.9 Å². The number of unbranched alkanes of at least 4 members (excludes halogenated alkanes) is 2. The minimum absolute atomic E-state index is 0.232. The number of aryl methyl sites for hydroxylation is 1. The lowest BCUT2D eigenvalue weighted by Crippen LogP contribution is -2.32. The number of thiazole rings is 3. The van der Waals surface area contributed by atoms with Crippen LogP contribution in [0.2, 0.25) is 0 Å². The molecule has 22 nitrogen and oxygen atoms in total. The van der Waals surface area contributed by atoms with Crippen LogP contribution in [0.3, 0.4) is 0 Å². The van der Waals surface area contributed by atoms with E-state index in [9.17, 15) is 24.0 Å². The molecule has 10 aromatic carbocycles. The van der Waals surface area contributed by atoms with E-state index in [-0.39, 0.29) is 17.9 Å². The van der Waals surface area contributed by atoms with Crippen LogP contribution in [-0.4, -0.2) is 101 Å². The molecule has 0 atom stereocenters. The normalized spacial score (nSPS) is 16.1. The summed E-state index contributed by atoms with van der Waals surface area (Å²) >= 11 is 4.72. The van der Waals surface area contributed by atoms with E-state index in [2.05, 4.69) is 149 Å². The number of ether oxygens (including phenoxy) is 7. The number of hydrazone groups is 3. The van der Waals surface area contributed by atoms with Gasteiger partial charge in [0, 0.05) is 65.2 Å². The van der Waals surface area contributed by atoms with Gasteiger partial charge in [-0.3, -0.25) is 5.43 Å². The average molecular weight is 1970 g/mol. The number of para-hydroxylation sites is 2. The lowest BCUT2D eigenvalue weighted by atomic mass is 9.76. The molecule has 4 aromatic heterocycles. The largest absolute Gasteiger partial charge is 0.497 e. The van der Waals surface area contributed by atoms with E-state index in [4.69, 9.17) is 53.3 Å². The molecule has 734 valence electrons. The minimum atomic E-state index is -0.623. The lowest BCUT2D eigenvalue weighted by Gasteiger charge is -2.30. The molecule has 4 heterocycles. The smallest absolute Gasteiger partial charge is 0.343 e. The maximum Gasteiger partial charge on any atom is 0.343 e. The Morgan fingerprint density at radius 3 is 1.76 bits per heavy atom. The van der Waals surface area contributed by atoms with Gasteiger partial charge in [-0.15, -0.1) is 0 Å². The molecule has 25 heteroatoms. The molecular weight excluding hydrogens is 1850 g/mol. The second kappa shape index (κ2) is 50.9. The molecule has 1 N–H and O–H groups in total. The number of methoxy groups -OCH3 is 1. The summed E-state index contributed by atoms with van der Waals surface area (Å²) in [5.41, 5.74) is 13.2. The summed E-state index contributed by atoms with van der Waals surface area (Å²) in [7, 11) is 1.61. The first-order chi connectivity index (χ1) is 70.0. The molecule has 0 bridgehead atoms. The monoisotopic (exact) mass is 1970 g/mol. The van der Waals surface area contributed by atoms with Gasteiger partial charge in [0.25, 0.3) is 0 Å². The number of rotatable bonds is 35. The van der Waals surface area contributed by atoms with Crippen molar-refractivity contribution in [2.75, 3.05) is 42.3 Å². The molecule has 0 unspecified atom stereocenters. The molecule has 4 fully saturated rings. The number of anilines is 3. The van der Waals surface area contributed by atoms with E-state index in [1.807, 2.05) is 91.3 Å². The number of nitrogens with one attached hydrogen (secondary N) is 1. The number of esters is 5. The zero-order valence-corrected chi connectivity index (χ0v) is 84.2. The summed E-state index contributed by atoms with van der Waals surface area (Å²) in [6, 6.07) is 65.6. The number of carbonyl (C=O) groups excluding carboxylic acids is 5. The summed E-state index contributed by atoms with van der Waals surface area (Å²) in [5.74, 6) is 10.1. The van der Waals surface area contributed by atoms with Crippen molar-refractivity contribution in [3.8, 4) is 46.3 Å². The molecule has 4 aliphatic rings. The zero-order valence-electron chi connectivity index (χ0n) is 81.7. The predicted molar refractivity (Wildman–Crippen MR) is 579 cm³/mol. The highest BCUT2D eigenvalue weighted by molar-refractivity contribution is 7.22. The van der Waals surface area contributed by atoms with Gasteiger partial charge >= 0.3 is 29.8 Å². The van der Waals surface area contributed by atoms with Gasteiger partial charge in [0.2, 0.25) is 15.4 Å². The second-order valence-electron chi connectivity index (χ2n) is 36.9. The van der Waals surface area contributed by atoms with E-state index >= 15 is 0 Å². The number of carbonyl (C=O) groups is 5. The van der Waals surface area contributed by atoms with Crippen molar-refractivity contribution in [3.63, 3.8) is 0 Å². The van der Waals surface area contributed by atoms with Gasteiger partial charge in [0.15, 0.2) is 0 Å². The highest BCUT2D eigenvalue weighted by atomic mass is 32.1. The molecule has 0 spiro atoms. The molecule has 14 aromatic rings. The summed E-state index contributed by atoms with van der Waals surface area (Å²) in [6.45, 7) is 18.3. The number of benzene rings is 10. The first kappa shape index (κ1) is 102. The Morgan fingerprint density at radius 1 is 0.476 bits per heavy atom. The molecule has 0 aliphatic heterocycles. The van der Waals surface area contributed by atoms with Gasteiger partial charge in [-0.2, -0.15) is 15.3 Å². The average Bonchev–Trinajstić information content (AvgIpc) is 1.68. The molecule has 0 saturated heterocycles. The van der Waals surface area contributed by atoms with Crippen LogP contribution in [-0.2, 0) is 19.1 Å². The Kier molecular flexibility index (Phi) is 36.2. The Morgan fingerprint density at radius 2 is 1.06 bits per heavy atom. The molecule has 4 aliphatic carbocycles. The molecule has 4 saturated carbocycles. The molecule has 0 radical (unpaired) electrons. The van der Waals surface area contributed by atoms with Gasteiger partial charge < -0.3 is 33.2 Å². The first-order valence-electron chi connectivity index (χ1n) is 50.1. The highest BCUT2D eigenvalue weighted by Gasteiger charge is 2.30. The third-order valence-electron chi connectivity index (χ3n) is 26.9. The molecular formula is C118H122N10O12S3. The molecule has 0 amide bonds. The van der Waals surface area contributed by atoms with Gasteiger partial charge in [0.05, 0.1) is 76.6 Å². The van der Waals surface area contributed by atoms with Crippen LogP contribution in [0.25, 0.3) is 52.3 Å². The molecule has 143 heavy (non-hydrogen) atoms. The fourth-order valence-electron chi connectivity index (χ4n) is 19.1. The van der Waals surface area contributed by atoms with Crippen molar-refractivity contribution in [1.82, 2.24) is 19.9 Å². The summed E-state index contributed by atoms with van der Waals surface area (Å²) in [6.07, 6.45) is 41.5. The number of hydrogen-bond donors (Lipinski definition) is 1. The Labute approximate surface area is 848 Å². The van der Waals surface area contributed by atoms with Crippen LogP contribution in [0.15, 0.2) is 266 Å². The van der Waals surface area contributed by atoms with E-state index in [1.54, 1.807) is 91.4 Å². The van der Waals surface area contributed by atoms with Crippen molar-refractivity contribution in [1.29, 1.82) is 0 Å². The van der Waals surface area contributed by atoms with E-state index < -0.39 is 29.8 Å². The number of aromatic nitrogens is 4. The minimum Gasteiger partial charge on any atom is -0.497 e. The highest BCUT2D eigenvalue weighted by Crippen LogP contribution is 2.44. The number of pyridine rings is 1. The maximum absolute atomic E-state index is 13.5. The SMILES string of the molecule is C=CC(=O)OCCCOc1ccc2cc(C(=O)Oc3ccc(C(=O)Oc4ccc(C#Cc5ccc(OC)cc5)cc4/C=N/Nc4nc5cccnc5s4)cc3C)ccc2c1.C=CC(=O)Oc1ccc(C2CCC(CCC)CC2)cc1/C=N/N(c1nc2ccccc2s1)C1CCCCC1.C=CC(=O)Oc1ccc2cc(C3CCC(CCCCC)CC3)ccc2c1/C=N/N(CC1CCCCC1)c1nc2ccccc2s1. The van der Waals surface area contributed by atoms with Crippen LogP contribution in [0.5, 0.6) is 34.5 Å². The standard InChI is InChI=1S/C47H36N4O8S.C39H47N3O2S.C32H39N3O2S/c1-4-43(52)57-24-6-23-56-39-19-15-33-27-36(14-13-34(33)28-39)46(54)58-41-21-16-35(25-30(41)2)45(53)59-42-20-12-32(9-8-31-10-17-38(55-3)18-11-31)26-37(42)29-49-51-47-50-40-7-5-22-48-44(40)60-47;1-3-5-7-12-28-17-19-30(20-18-28)31-21-23-33-32(25-31)22-24-36(44-38(43)4-2)34(33)26-40-42(27-29-13-8-6-9-14-29)39-41-35-15-10-11-16-37(35)45-39;1-3-10-23-15-17-24(18-16-23)25-19-20-29(37-31(36)4-2)26(21-25)22-33-35(27-11-6-5-7-12-27)32-34-28-13-8-9-14-30(28)38-32/h4-5,7,10-22,25-29H,1,6,23-24H2,2-3H3,(H,50,51);4,10-11,15-16,21-26,28-30H,2-3,5-9,12-14,17-20,27H2,1H3;4,8-9,13-14,19-24,27H,2-3,5-7,10-12,15-18H2,1H3/b49-29+;40-26+;33-22+. The summed E-state index contributed by atoms with van der Waals surface area (Å²) in [5, 5.41) is 24.9. The van der Waals surface area contributed by atoms with Gasteiger partial charge in [-0.05, 0) is 291 Å². The van der Waals surface area contributed by atoms with Crippen molar-refractivity contribution >= 4 is 150 Å². The second-order valence-corrected chi connectivity index (χ2v) is 39.9. The number of nitrogens with zero attached hydrogens (tertiary/aromatic N) is 9. The fraction of sp³-hybridized carbons (Fsp3) is 0.322. The van der Waals surface area contributed by atoms with E-state index in [0.717, 1.165) is 118 Å². The van der Waals surface area contributed by atoms with Crippen LogP contribution >= 0.6 is 34.0 Å². The Hall–Kier alpha value is -14.3. The van der Waals surface area contributed by atoms with Gasteiger partial charge in [0.1, 0.15) is 44.8 Å². The van der Waals surface area contributed by atoms with E-state index in [0.29, 0.717) is 87.2 Å². The lowest BCUT2D eigenvalue weighted by molar-refractivity contribution is -0.138. The van der Waals surface area contributed by atoms with Gasteiger partial charge in [-0.25, -0.2) is 53.9 Å². The third kappa shape index (κ3) is 27.9. The summed E-state index contributed by atoms with van der Waals surface area (Å²) in [4.78, 5) is 81.9. The van der Waals surface area contributed by atoms with Gasteiger partial charge in [-0.1, -0.05) is 223 Å². The van der Waals surface area contributed by atoms with Crippen LogP contribution in [0.1, 0.15) is 251 Å². The topological polar surface area (TPSA) is 257 Å². The first-order valence-corrected chi connectivity index (χ1v) is 52.5. The van der Waals surface area contributed by atoms with Crippen molar-refractivity contribution in [2.45, 2.75) is 199 Å². The summed E-state index contributed by atoms with van der Waals surface area (Å²) < 4.78 is 41.3.